The van der Waals surface area contributed by atoms with Crippen LogP contribution in [0.2, 0.25) is 0 Å². The zero-order valence-corrected chi connectivity index (χ0v) is 6.49. The third kappa shape index (κ3) is 3.98. The number of hydrogen-bond donors (Lipinski definition) is 1. The average Bonchev–Trinajstić information content (AvgIpc) is 1.97. The monoisotopic (exact) mass is 177 g/mol. The van der Waals surface area contributed by atoms with E-state index < -0.39 is 11.7 Å². The Morgan fingerprint density at radius 2 is 1.75 bits per heavy atom. The van der Waals surface area contributed by atoms with E-state index in [0.717, 1.165) is 6.08 Å². The fourth-order valence-corrected chi connectivity index (χ4v) is 0.381. The minimum atomic E-state index is -4.37. The van der Waals surface area contributed by atoms with E-state index in [0.29, 0.717) is 5.57 Å². The lowest BCUT2D eigenvalue weighted by Gasteiger charge is -2.04. The van der Waals surface area contributed by atoms with Gasteiger partial charge in [-0.2, -0.15) is 13.2 Å². The molecule has 0 spiro atoms. The van der Waals surface area contributed by atoms with Gasteiger partial charge in [0.2, 0.25) is 0 Å². The first-order chi connectivity index (χ1) is 5.38. The van der Waals surface area contributed by atoms with E-state index >= 15 is 0 Å². The van der Waals surface area contributed by atoms with Gasteiger partial charge in [0.15, 0.2) is 0 Å². The van der Waals surface area contributed by atoms with Crippen LogP contribution in [0.3, 0.4) is 0 Å². The van der Waals surface area contributed by atoms with Crippen molar-refractivity contribution in [1.82, 2.24) is 0 Å². The number of rotatable bonds is 3. The highest BCUT2D eigenvalue weighted by Crippen LogP contribution is 2.24. The molecule has 0 aromatic heterocycles. The molecule has 68 valence electrons. The highest BCUT2D eigenvalue weighted by molar-refractivity contribution is 5.27. The van der Waals surface area contributed by atoms with Crippen LogP contribution in [0.4, 0.5) is 13.2 Å². The average molecular weight is 177 g/mol. The summed E-state index contributed by atoms with van der Waals surface area (Å²) >= 11 is 0. The summed E-state index contributed by atoms with van der Waals surface area (Å²) in [7, 11) is 0. The minimum absolute atomic E-state index is 0.141. The third-order valence-electron chi connectivity index (χ3n) is 1.15. The molecule has 2 N–H and O–H groups in total. The minimum Gasteiger partial charge on any atom is -0.327 e. The number of allylic oxidation sites excluding steroid dienone is 2. The predicted octanol–water partition coefficient (Wildman–Crippen LogP) is 2.18. The Kier molecular flexibility index (Phi) is 3.76. The second-order valence-electron chi connectivity index (χ2n) is 2.22. The second-order valence-corrected chi connectivity index (χ2v) is 2.22. The molecule has 0 fully saturated rings. The number of alkyl halides is 3. The van der Waals surface area contributed by atoms with Gasteiger partial charge in [-0.1, -0.05) is 25.3 Å². The van der Waals surface area contributed by atoms with Crippen LogP contribution in [0.5, 0.6) is 0 Å². The highest BCUT2D eigenvalue weighted by Gasteiger charge is 2.29. The molecule has 0 aromatic rings. The summed E-state index contributed by atoms with van der Waals surface area (Å²) in [6, 6.07) is 0. The van der Waals surface area contributed by atoms with Gasteiger partial charge in [-0.25, -0.2) is 0 Å². The maximum absolute atomic E-state index is 11.8. The van der Waals surface area contributed by atoms with Crippen molar-refractivity contribution < 1.29 is 13.2 Å². The van der Waals surface area contributed by atoms with E-state index in [1.54, 1.807) is 0 Å². The van der Waals surface area contributed by atoms with Crippen LogP contribution >= 0.6 is 0 Å². The number of nitrogens with two attached hydrogens (primary N) is 1. The van der Waals surface area contributed by atoms with Crippen LogP contribution in [0.15, 0.2) is 36.5 Å². The second kappa shape index (κ2) is 4.11. The number of halogens is 3. The molecule has 4 heteroatoms. The van der Waals surface area contributed by atoms with E-state index in [4.69, 9.17) is 5.73 Å². The standard InChI is InChI=1S/C8H10F3N/c1-6(5-12)3-4-7(2)8(9,10)11/h3-4H,1-2,5,12H2/b4-3-. The molecular weight excluding hydrogens is 167 g/mol. The summed E-state index contributed by atoms with van der Waals surface area (Å²) < 4.78 is 35.4. The fourth-order valence-electron chi connectivity index (χ4n) is 0.381. The zero-order chi connectivity index (χ0) is 9.78. The van der Waals surface area contributed by atoms with Gasteiger partial charge < -0.3 is 5.73 Å². The molecule has 0 saturated heterocycles. The Morgan fingerprint density at radius 1 is 1.25 bits per heavy atom. The Bertz CT molecular complexity index is 213. The van der Waals surface area contributed by atoms with Gasteiger partial charge >= 0.3 is 6.18 Å². The van der Waals surface area contributed by atoms with Crippen molar-refractivity contribution in [3.8, 4) is 0 Å². The molecule has 0 aliphatic heterocycles. The first kappa shape index (κ1) is 11.0. The quantitative estimate of drug-likeness (QED) is 0.657. The number of hydrogen-bond acceptors (Lipinski definition) is 1. The molecule has 0 amide bonds. The van der Waals surface area contributed by atoms with E-state index in [-0.39, 0.29) is 6.54 Å². The lowest BCUT2D eigenvalue weighted by molar-refractivity contribution is -0.0878. The molecular formula is C8H10F3N. The van der Waals surface area contributed by atoms with Crippen molar-refractivity contribution in [2.24, 2.45) is 5.73 Å². The molecule has 1 nitrogen and oxygen atoms in total. The lowest BCUT2D eigenvalue weighted by Crippen LogP contribution is -2.08. The zero-order valence-electron chi connectivity index (χ0n) is 6.49. The molecule has 0 bridgehead atoms. The van der Waals surface area contributed by atoms with Crippen LogP contribution in [0.1, 0.15) is 0 Å². The van der Waals surface area contributed by atoms with E-state index in [2.05, 4.69) is 13.2 Å². The Hall–Kier alpha value is -1.03. The summed E-state index contributed by atoms with van der Waals surface area (Å²) in [5.41, 5.74) is 4.63. The van der Waals surface area contributed by atoms with Crippen molar-refractivity contribution in [2.45, 2.75) is 6.18 Å². The molecule has 0 aliphatic rings. The molecule has 0 aromatic carbocycles. The van der Waals surface area contributed by atoms with E-state index in [1.165, 1.54) is 6.08 Å². The van der Waals surface area contributed by atoms with Gasteiger partial charge in [0.1, 0.15) is 0 Å². The molecule has 0 heterocycles. The van der Waals surface area contributed by atoms with Crippen LogP contribution in [0, 0.1) is 0 Å². The van der Waals surface area contributed by atoms with Crippen molar-refractivity contribution in [2.75, 3.05) is 6.54 Å². The largest absolute Gasteiger partial charge is 0.415 e. The molecule has 0 atom stereocenters. The molecule has 0 saturated carbocycles. The molecule has 12 heavy (non-hydrogen) atoms. The first-order valence-electron chi connectivity index (χ1n) is 3.20. The van der Waals surface area contributed by atoms with E-state index in [1.807, 2.05) is 0 Å². The van der Waals surface area contributed by atoms with Crippen molar-refractivity contribution >= 4 is 0 Å². The smallest absolute Gasteiger partial charge is 0.327 e. The van der Waals surface area contributed by atoms with Crippen molar-refractivity contribution in [1.29, 1.82) is 0 Å². The van der Waals surface area contributed by atoms with Gasteiger partial charge in [0, 0.05) is 12.1 Å². The maximum atomic E-state index is 11.8. The summed E-state index contributed by atoms with van der Waals surface area (Å²) in [5.74, 6) is 0. The summed E-state index contributed by atoms with van der Waals surface area (Å²) in [6.07, 6.45) is -2.31. The molecule has 0 unspecified atom stereocenters. The van der Waals surface area contributed by atoms with Crippen LogP contribution in [0.25, 0.3) is 0 Å². The van der Waals surface area contributed by atoms with Crippen LogP contribution in [-0.4, -0.2) is 12.7 Å². The van der Waals surface area contributed by atoms with Crippen molar-refractivity contribution in [3.63, 3.8) is 0 Å². The summed E-state index contributed by atoms with van der Waals surface area (Å²) in [6.45, 7) is 6.39. The molecule has 0 radical (unpaired) electrons. The fraction of sp³-hybridized carbons (Fsp3) is 0.250. The van der Waals surface area contributed by atoms with Crippen molar-refractivity contribution in [3.05, 3.63) is 36.5 Å². The normalized spacial score (nSPS) is 12.0. The Balaban J connectivity index is 4.19. The first-order valence-corrected chi connectivity index (χ1v) is 3.20. The third-order valence-corrected chi connectivity index (χ3v) is 1.15. The van der Waals surface area contributed by atoms with Gasteiger partial charge in [0.25, 0.3) is 0 Å². The van der Waals surface area contributed by atoms with E-state index in [9.17, 15) is 13.2 Å². The highest BCUT2D eigenvalue weighted by atomic mass is 19.4. The maximum Gasteiger partial charge on any atom is 0.415 e. The predicted molar refractivity (Wildman–Crippen MR) is 42.5 cm³/mol. The Morgan fingerprint density at radius 3 is 2.08 bits per heavy atom. The van der Waals surface area contributed by atoms with Crippen LogP contribution in [-0.2, 0) is 0 Å². The van der Waals surface area contributed by atoms with Crippen LogP contribution < -0.4 is 5.73 Å². The molecule has 0 aliphatic carbocycles. The van der Waals surface area contributed by atoms with Gasteiger partial charge in [0.05, 0.1) is 0 Å². The van der Waals surface area contributed by atoms with Gasteiger partial charge in [-0.05, 0) is 5.57 Å². The Labute approximate surface area is 69.1 Å². The SMILES string of the molecule is C=C(/C=C\C(=C)C(F)(F)F)CN. The van der Waals surface area contributed by atoms with Gasteiger partial charge in [-0.15, -0.1) is 0 Å². The lowest BCUT2D eigenvalue weighted by atomic mass is 10.2. The molecule has 0 rings (SSSR count). The summed E-state index contributed by atoms with van der Waals surface area (Å²) in [5, 5.41) is 0. The van der Waals surface area contributed by atoms with Gasteiger partial charge in [-0.3, -0.25) is 0 Å². The topological polar surface area (TPSA) is 26.0 Å². The summed E-state index contributed by atoms with van der Waals surface area (Å²) in [4.78, 5) is 0.